The third-order valence-electron chi connectivity index (χ3n) is 2.71. The van der Waals surface area contributed by atoms with Gasteiger partial charge in [0.2, 0.25) is 0 Å². The molecule has 1 aliphatic heterocycles. The van der Waals surface area contributed by atoms with Crippen molar-refractivity contribution in [2.75, 3.05) is 25.5 Å². The Morgan fingerprint density at radius 3 is 3.06 bits per heavy atom. The van der Waals surface area contributed by atoms with Crippen molar-refractivity contribution in [2.24, 2.45) is 0 Å². The summed E-state index contributed by atoms with van der Waals surface area (Å²) >= 11 is 0. The van der Waals surface area contributed by atoms with Gasteiger partial charge < -0.3 is 15.3 Å². The van der Waals surface area contributed by atoms with E-state index in [0.29, 0.717) is 11.9 Å². The van der Waals surface area contributed by atoms with Crippen LogP contribution in [0, 0.1) is 0 Å². The van der Waals surface area contributed by atoms with Gasteiger partial charge in [0.25, 0.3) is 0 Å². The number of aromatic carboxylic acids is 1. The van der Waals surface area contributed by atoms with E-state index < -0.39 is 5.97 Å². The van der Waals surface area contributed by atoms with Crippen molar-refractivity contribution in [2.45, 2.75) is 12.5 Å². The number of anilines is 1. The summed E-state index contributed by atoms with van der Waals surface area (Å²) in [5.74, 6) is -0.354. The number of carboxylic acid groups (broad SMARTS) is 1. The molecular formula is C11H15N3O2. The molecule has 5 nitrogen and oxygen atoms in total. The van der Waals surface area contributed by atoms with E-state index in [2.05, 4.69) is 22.2 Å². The van der Waals surface area contributed by atoms with Gasteiger partial charge in [0.15, 0.2) is 5.69 Å². The highest BCUT2D eigenvalue weighted by Gasteiger charge is 2.19. The van der Waals surface area contributed by atoms with Crippen LogP contribution < -0.4 is 5.32 Å². The number of aromatic nitrogens is 1. The highest BCUT2D eigenvalue weighted by Crippen LogP contribution is 2.13. The molecule has 0 saturated carbocycles. The Hall–Kier alpha value is -1.62. The van der Waals surface area contributed by atoms with Crippen LogP contribution in [0.3, 0.4) is 0 Å². The molecule has 0 spiro atoms. The van der Waals surface area contributed by atoms with E-state index in [4.69, 9.17) is 5.11 Å². The SMILES string of the molecule is CN1CCC(Nc2cccc(C(=O)O)n2)C1. The normalized spacial score (nSPS) is 20.9. The Morgan fingerprint density at radius 1 is 1.62 bits per heavy atom. The topological polar surface area (TPSA) is 65.5 Å². The van der Waals surface area contributed by atoms with Crippen LogP contribution in [0.1, 0.15) is 16.9 Å². The van der Waals surface area contributed by atoms with Gasteiger partial charge in [-0.1, -0.05) is 6.07 Å². The first kappa shape index (κ1) is 10.9. The summed E-state index contributed by atoms with van der Waals surface area (Å²) in [7, 11) is 2.07. The van der Waals surface area contributed by atoms with Gasteiger partial charge in [0.1, 0.15) is 5.82 Å². The highest BCUT2D eigenvalue weighted by atomic mass is 16.4. The number of likely N-dealkylation sites (tertiary alicyclic amines) is 1. The molecule has 2 rings (SSSR count). The smallest absolute Gasteiger partial charge is 0.354 e. The molecule has 2 N–H and O–H groups in total. The van der Waals surface area contributed by atoms with Crippen LogP contribution >= 0.6 is 0 Å². The zero-order valence-electron chi connectivity index (χ0n) is 9.18. The van der Waals surface area contributed by atoms with Crippen molar-refractivity contribution >= 4 is 11.8 Å². The Balaban J connectivity index is 2.04. The van der Waals surface area contributed by atoms with Crippen molar-refractivity contribution in [3.8, 4) is 0 Å². The van der Waals surface area contributed by atoms with Crippen LogP contribution in [-0.4, -0.2) is 47.1 Å². The second-order valence-electron chi connectivity index (χ2n) is 4.11. The Labute approximate surface area is 94.1 Å². The molecule has 1 saturated heterocycles. The lowest BCUT2D eigenvalue weighted by Crippen LogP contribution is -2.24. The number of rotatable bonds is 3. The number of nitrogens with one attached hydrogen (secondary N) is 1. The van der Waals surface area contributed by atoms with E-state index in [1.807, 2.05) is 0 Å². The van der Waals surface area contributed by atoms with Crippen LogP contribution in [0.5, 0.6) is 0 Å². The molecular weight excluding hydrogens is 206 g/mol. The first-order valence-electron chi connectivity index (χ1n) is 5.30. The first-order valence-corrected chi connectivity index (χ1v) is 5.30. The highest BCUT2D eigenvalue weighted by molar-refractivity contribution is 5.85. The number of pyridine rings is 1. The number of likely N-dealkylation sites (N-methyl/N-ethyl adjacent to an activating group) is 1. The second kappa shape index (κ2) is 4.49. The maximum absolute atomic E-state index is 10.7. The number of hydrogen-bond donors (Lipinski definition) is 2. The predicted octanol–water partition coefficient (Wildman–Crippen LogP) is 0.896. The van der Waals surface area contributed by atoms with E-state index in [1.54, 1.807) is 12.1 Å². The summed E-state index contributed by atoms with van der Waals surface area (Å²) in [5.41, 5.74) is 0.0800. The summed E-state index contributed by atoms with van der Waals surface area (Å²) in [6.45, 7) is 2.04. The molecule has 0 aromatic carbocycles. The largest absolute Gasteiger partial charge is 0.477 e. The van der Waals surface area contributed by atoms with Gasteiger partial charge in [0.05, 0.1) is 0 Å². The van der Waals surface area contributed by atoms with Gasteiger partial charge in [-0.15, -0.1) is 0 Å². The van der Waals surface area contributed by atoms with Crippen molar-refractivity contribution in [3.05, 3.63) is 23.9 Å². The van der Waals surface area contributed by atoms with E-state index in [0.717, 1.165) is 19.5 Å². The monoisotopic (exact) mass is 221 g/mol. The Morgan fingerprint density at radius 2 is 2.44 bits per heavy atom. The minimum Gasteiger partial charge on any atom is -0.477 e. The van der Waals surface area contributed by atoms with Crippen molar-refractivity contribution < 1.29 is 9.90 Å². The summed E-state index contributed by atoms with van der Waals surface area (Å²) in [5, 5.41) is 12.1. The van der Waals surface area contributed by atoms with Crippen LogP contribution in [0.25, 0.3) is 0 Å². The molecule has 16 heavy (non-hydrogen) atoms. The molecule has 1 atom stereocenters. The van der Waals surface area contributed by atoms with Gasteiger partial charge in [-0.2, -0.15) is 0 Å². The minimum absolute atomic E-state index is 0.0800. The van der Waals surface area contributed by atoms with Crippen LogP contribution in [0.15, 0.2) is 18.2 Å². The van der Waals surface area contributed by atoms with Gasteiger partial charge in [-0.3, -0.25) is 0 Å². The number of carboxylic acids is 1. The quantitative estimate of drug-likeness (QED) is 0.793. The molecule has 1 unspecified atom stereocenters. The van der Waals surface area contributed by atoms with Crippen molar-refractivity contribution in [1.29, 1.82) is 0 Å². The molecule has 86 valence electrons. The summed E-state index contributed by atoms with van der Waals surface area (Å²) in [6.07, 6.45) is 1.06. The average molecular weight is 221 g/mol. The standard InChI is InChI=1S/C11H15N3O2/c1-14-6-5-8(7-14)12-10-4-2-3-9(13-10)11(15)16/h2-4,8H,5-7H2,1H3,(H,12,13)(H,15,16). The van der Waals surface area contributed by atoms with Crippen molar-refractivity contribution in [3.63, 3.8) is 0 Å². The van der Waals surface area contributed by atoms with E-state index in [9.17, 15) is 4.79 Å². The van der Waals surface area contributed by atoms with Gasteiger partial charge in [-0.25, -0.2) is 9.78 Å². The zero-order chi connectivity index (χ0) is 11.5. The fraction of sp³-hybridized carbons (Fsp3) is 0.455. The number of hydrogen-bond acceptors (Lipinski definition) is 4. The molecule has 0 amide bonds. The van der Waals surface area contributed by atoms with Crippen LogP contribution in [-0.2, 0) is 0 Å². The van der Waals surface area contributed by atoms with Crippen LogP contribution in [0.2, 0.25) is 0 Å². The number of nitrogens with zero attached hydrogens (tertiary/aromatic N) is 2. The molecule has 1 aliphatic rings. The molecule has 2 heterocycles. The molecule has 0 bridgehead atoms. The lowest BCUT2D eigenvalue weighted by Gasteiger charge is -2.13. The number of carbonyl (C=O) groups is 1. The third-order valence-corrected chi connectivity index (χ3v) is 2.71. The van der Waals surface area contributed by atoms with Gasteiger partial charge in [-0.05, 0) is 32.1 Å². The van der Waals surface area contributed by atoms with Crippen molar-refractivity contribution in [1.82, 2.24) is 9.88 Å². The Kier molecular flexibility index (Phi) is 3.05. The molecule has 5 heteroatoms. The lowest BCUT2D eigenvalue weighted by molar-refractivity contribution is 0.0690. The summed E-state index contributed by atoms with van der Waals surface area (Å²) in [6, 6.07) is 5.36. The maximum Gasteiger partial charge on any atom is 0.354 e. The molecule has 0 aliphatic carbocycles. The predicted molar refractivity (Wildman–Crippen MR) is 60.7 cm³/mol. The third kappa shape index (κ3) is 2.49. The first-order chi connectivity index (χ1) is 7.65. The Bertz CT molecular complexity index is 395. The maximum atomic E-state index is 10.7. The van der Waals surface area contributed by atoms with Crippen LogP contribution in [0.4, 0.5) is 5.82 Å². The van der Waals surface area contributed by atoms with E-state index in [1.165, 1.54) is 6.07 Å². The van der Waals surface area contributed by atoms with E-state index in [-0.39, 0.29) is 5.69 Å². The average Bonchev–Trinajstić information content (AvgIpc) is 2.64. The van der Waals surface area contributed by atoms with Gasteiger partial charge >= 0.3 is 5.97 Å². The lowest BCUT2D eigenvalue weighted by atomic mass is 10.2. The molecule has 1 aromatic heterocycles. The fourth-order valence-electron chi connectivity index (χ4n) is 1.90. The molecule has 1 aromatic rings. The summed E-state index contributed by atoms with van der Waals surface area (Å²) < 4.78 is 0. The minimum atomic E-state index is -0.993. The second-order valence-corrected chi connectivity index (χ2v) is 4.11. The molecule has 1 fully saturated rings. The molecule has 0 radical (unpaired) electrons. The fourth-order valence-corrected chi connectivity index (χ4v) is 1.90. The zero-order valence-corrected chi connectivity index (χ0v) is 9.18. The van der Waals surface area contributed by atoms with E-state index >= 15 is 0 Å². The van der Waals surface area contributed by atoms with Gasteiger partial charge in [0, 0.05) is 12.6 Å². The summed E-state index contributed by atoms with van der Waals surface area (Å²) in [4.78, 5) is 17.0.